The molecule has 0 saturated heterocycles. The Bertz CT molecular complexity index is 804. The van der Waals surface area contributed by atoms with Crippen molar-refractivity contribution in [3.05, 3.63) is 58.3 Å². The summed E-state index contributed by atoms with van der Waals surface area (Å²) in [5.41, 5.74) is 11.4. The summed E-state index contributed by atoms with van der Waals surface area (Å²) >= 11 is 3.52. The van der Waals surface area contributed by atoms with Crippen LogP contribution in [0.2, 0.25) is 0 Å². The van der Waals surface area contributed by atoms with Gasteiger partial charge in [-0.15, -0.1) is 0 Å². The number of nitrogens with zero attached hydrogens (tertiary/aromatic N) is 1. The molecule has 0 atom stereocenters. The van der Waals surface area contributed by atoms with Crippen LogP contribution in [-0.2, 0) is 0 Å². The molecule has 0 saturated carbocycles. The summed E-state index contributed by atoms with van der Waals surface area (Å²) in [5, 5.41) is 5.52. The summed E-state index contributed by atoms with van der Waals surface area (Å²) in [6, 6.07) is 10.2. The maximum atomic E-state index is 6.30. The molecule has 3 rings (SSSR count). The topological polar surface area (TPSA) is 50.9 Å². The minimum atomic E-state index is 0.747. The van der Waals surface area contributed by atoms with Gasteiger partial charge in [0.05, 0.1) is 11.4 Å². The van der Waals surface area contributed by atoms with Crippen molar-refractivity contribution in [2.45, 2.75) is 13.8 Å². The number of aromatic nitrogens is 1. The van der Waals surface area contributed by atoms with Crippen molar-refractivity contribution in [3.8, 4) is 0 Å². The summed E-state index contributed by atoms with van der Waals surface area (Å²) in [6.07, 6.45) is 3.59. The highest BCUT2D eigenvalue weighted by Crippen LogP contribution is 2.33. The first-order chi connectivity index (χ1) is 10.1. The Morgan fingerprint density at radius 2 is 1.81 bits per heavy atom. The van der Waals surface area contributed by atoms with E-state index in [0.29, 0.717) is 0 Å². The van der Waals surface area contributed by atoms with Gasteiger partial charge in [0, 0.05) is 33.3 Å². The molecule has 2 aromatic carbocycles. The number of nitrogen functional groups attached to an aromatic ring is 1. The number of pyridine rings is 1. The van der Waals surface area contributed by atoms with E-state index in [4.69, 9.17) is 5.73 Å². The molecule has 0 aliphatic carbocycles. The Balaban J connectivity index is 2.09. The molecule has 3 nitrogen and oxygen atoms in total. The van der Waals surface area contributed by atoms with E-state index < -0.39 is 0 Å². The predicted octanol–water partition coefficient (Wildman–Crippen LogP) is 4.94. The fourth-order valence-electron chi connectivity index (χ4n) is 2.54. The zero-order chi connectivity index (χ0) is 15.0. The van der Waals surface area contributed by atoms with Crippen LogP contribution in [0.25, 0.3) is 10.8 Å². The zero-order valence-electron chi connectivity index (χ0n) is 11.9. The van der Waals surface area contributed by atoms with Crippen LogP contribution in [0.3, 0.4) is 0 Å². The number of nitrogens with two attached hydrogens (primary N) is 1. The molecule has 1 aromatic heterocycles. The second-order valence-electron chi connectivity index (χ2n) is 5.16. The highest BCUT2D eigenvalue weighted by Gasteiger charge is 2.08. The van der Waals surface area contributed by atoms with E-state index in [2.05, 4.69) is 52.2 Å². The highest BCUT2D eigenvalue weighted by atomic mass is 79.9. The van der Waals surface area contributed by atoms with Gasteiger partial charge < -0.3 is 11.1 Å². The van der Waals surface area contributed by atoms with Crippen molar-refractivity contribution >= 4 is 43.8 Å². The van der Waals surface area contributed by atoms with Crippen LogP contribution in [0.4, 0.5) is 17.1 Å². The second kappa shape index (κ2) is 5.37. The lowest BCUT2D eigenvalue weighted by atomic mass is 10.1. The van der Waals surface area contributed by atoms with Crippen molar-refractivity contribution in [1.29, 1.82) is 0 Å². The summed E-state index contributed by atoms with van der Waals surface area (Å²) < 4.78 is 1.08. The number of rotatable bonds is 2. The van der Waals surface area contributed by atoms with E-state index in [0.717, 1.165) is 32.3 Å². The molecular weight excluding hydrogens is 326 g/mol. The highest BCUT2D eigenvalue weighted by molar-refractivity contribution is 9.10. The van der Waals surface area contributed by atoms with Gasteiger partial charge in [0.2, 0.25) is 0 Å². The van der Waals surface area contributed by atoms with Crippen LogP contribution in [-0.4, -0.2) is 4.98 Å². The van der Waals surface area contributed by atoms with Gasteiger partial charge in [0.1, 0.15) is 0 Å². The number of aryl methyl sites for hydroxylation is 2. The van der Waals surface area contributed by atoms with E-state index >= 15 is 0 Å². The molecule has 0 aliphatic rings. The molecule has 0 spiro atoms. The van der Waals surface area contributed by atoms with Crippen LogP contribution >= 0.6 is 15.9 Å². The second-order valence-corrected chi connectivity index (χ2v) is 6.08. The van der Waals surface area contributed by atoms with E-state index in [1.165, 1.54) is 11.1 Å². The molecule has 0 bridgehead atoms. The first-order valence-electron chi connectivity index (χ1n) is 6.72. The molecule has 4 heteroatoms. The molecule has 0 amide bonds. The number of halogens is 1. The normalized spacial score (nSPS) is 10.8. The van der Waals surface area contributed by atoms with Gasteiger partial charge in [-0.05, 0) is 49.2 Å². The van der Waals surface area contributed by atoms with Crippen molar-refractivity contribution in [2.24, 2.45) is 0 Å². The third-order valence-electron chi connectivity index (χ3n) is 3.62. The third-order valence-corrected chi connectivity index (χ3v) is 4.08. The monoisotopic (exact) mass is 341 g/mol. The van der Waals surface area contributed by atoms with E-state index in [1.807, 2.05) is 24.4 Å². The average Bonchev–Trinajstić information content (AvgIpc) is 2.45. The fraction of sp³-hybridized carbons (Fsp3) is 0.118. The molecule has 1 heterocycles. The van der Waals surface area contributed by atoms with Crippen LogP contribution < -0.4 is 11.1 Å². The lowest BCUT2D eigenvalue weighted by Crippen LogP contribution is -2.00. The van der Waals surface area contributed by atoms with Crippen LogP contribution in [0.1, 0.15) is 11.1 Å². The maximum Gasteiger partial charge on any atom is 0.0634 e. The number of nitrogens with one attached hydrogen (secondary N) is 1. The Hall–Kier alpha value is -2.07. The molecule has 106 valence electrons. The third kappa shape index (κ3) is 2.59. The molecule has 0 unspecified atom stereocenters. The average molecular weight is 342 g/mol. The summed E-state index contributed by atoms with van der Waals surface area (Å²) in [4.78, 5) is 4.12. The summed E-state index contributed by atoms with van der Waals surface area (Å²) in [5.74, 6) is 0. The van der Waals surface area contributed by atoms with Gasteiger partial charge in [0.15, 0.2) is 0 Å². The fourth-order valence-corrected chi connectivity index (χ4v) is 3.23. The molecule has 21 heavy (non-hydrogen) atoms. The summed E-state index contributed by atoms with van der Waals surface area (Å²) in [6.45, 7) is 4.17. The molecule has 0 radical (unpaired) electrons. The molecule has 0 aliphatic heterocycles. The SMILES string of the molecule is Cc1cc(Br)cc(C)c1Nc1ccc2cnccc2c1N. The van der Waals surface area contributed by atoms with E-state index in [9.17, 15) is 0 Å². The first kappa shape index (κ1) is 13.9. The maximum absolute atomic E-state index is 6.30. The van der Waals surface area contributed by atoms with Crippen molar-refractivity contribution in [2.75, 3.05) is 11.1 Å². The Labute approximate surface area is 132 Å². The van der Waals surface area contributed by atoms with E-state index in [-0.39, 0.29) is 0 Å². The number of fused-ring (bicyclic) bond motifs is 1. The van der Waals surface area contributed by atoms with Gasteiger partial charge in [-0.25, -0.2) is 0 Å². The standard InChI is InChI=1S/C17H16BrN3/c1-10-7-13(18)8-11(2)17(10)21-15-4-3-12-9-20-6-5-14(12)16(15)19/h3-9,21H,19H2,1-2H3. The lowest BCUT2D eigenvalue weighted by molar-refractivity contribution is 1.34. The van der Waals surface area contributed by atoms with Gasteiger partial charge in [-0.1, -0.05) is 22.0 Å². The van der Waals surface area contributed by atoms with Crippen LogP contribution in [0.5, 0.6) is 0 Å². The van der Waals surface area contributed by atoms with Crippen molar-refractivity contribution < 1.29 is 0 Å². The molecule has 3 aromatic rings. The minimum Gasteiger partial charge on any atom is -0.397 e. The summed E-state index contributed by atoms with van der Waals surface area (Å²) in [7, 11) is 0. The van der Waals surface area contributed by atoms with Gasteiger partial charge in [-0.3, -0.25) is 4.98 Å². The van der Waals surface area contributed by atoms with Gasteiger partial charge in [0.25, 0.3) is 0 Å². The van der Waals surface area contributed by atoms with Gasteiger partial charge in [-0.2, -0.15) is 0 Å². The first-order valence-corrected chi connectivity index (χ1v) is 7.51. The number of hydrogen-bond acceptors (Lipinski definition) is 3. The Kier molecular flexibility index (Phi) is 3.55. The van der Waals surface area contributed by atoms with Crippen LogP contribution in [0.15, 0.2) is 47.2 Å². The smallest absolute Gasteiger partial charge is 0.0634 e. The van der Waals surface area contributed by atoms with Crippen molar-refractivity contribution in [3.63, 3.8) is 0 Å². The number of hydrogen-bond donors (Lipinski definition) is 2. The Morgan fingerprint density at radius 1 is 1.10 bits per heavy atom. The molecule has 0 fully saturated rings. The van der Waals surface area contributed by atoms with E-state index in [1.54, 1.807) is 6.20 Å². The van der Waals surface area contributed by atoms with Gasteiger partial charge >= 0.3 is 0 Å². The van der Waals surface area contributed by atoms with Crippen LogP contribution in [0, 0.1) is 13.8 Å². The number of anilines is 3. The molecular formula is C17H16BrN3. The minimum absolute atomic E-state index is 0.747. The largest absolute Gasteiger partial charge is 0.397 e. The quantitative estimate of drug-likeness (QED) is 0.649. The zero-order valence-corrected chi connectivity index (χ0v) is 13.5. The molecule has 3 N–H and O–H groups in total. The lowest BCUT2D eigenvalue weighted by Gasteiger charge is -2.16. The van der Waals surface area contributed by atoms with Crippen molar-refractivity contribution in [1.82, 2.24) is 4.98 Å². The Morgan fingerprint density at radius 3 is 2.52 bits per heavy atom. The number of benzene rings is 2. The predicted molar refractivity (Wildman–Crippen MR) is 93.1 cm³/mol.